The van der Waals surface area contributed by atoms with Crippen molar-refractivity contribution in [3.05, 3.63) is 29.7 Å². The second-order valence-corrected chi connectivity index (χ2v) is 3.10. The predicted molar refractivity (Wildman–Crippen MR) is 52.4 cm³/mol. The average Bonchev–Trinajstić information content (AvgIpc) is 2.55. The van der Waals surface area contributed by atoms with Crippen molar-refractivity contribution in [2.24, 2.45) is 0 Å². The number of pyridine rings is 1. The van der Waals surface area contributed by atoms with Gasteiger partial charge in [-0.05, 0) is 13.0 Å². The van der Waals surface area contributed by atoms with E-state index in [9.17, 15) is 0 Å². The van der Waals surface area contributed by atoms with Crippen LogP contribution >= 0.6 is 0 Å². The van der Waals surface area contributed by atoms with Crippen LogP contribution in [0, 0.1) is 6.92 Å². The summed E-state index contributed by atoms with van der Waals surface area (Å²) in [6, 6.07) is 3.70. The molecule has 0 saturated heterocycles. The summed E-state index contributed by atoms with van der Waals surface area (Å²) < 4.78 is 7.01. The third-order valence-electron chi connectivity index (χ3n) is 2.32. The Morgan fingerprint density at radius 2 is 2.36 bits per heavy atom. The molecule has 0 unspecified atom stereocenters. The van der Waals surface area contributed by atoms with Crippen LogP contribution in [-0.4, -0.2) is 21.6 Å². The van der Waals surface area contributed by atoms with Gasteiger partial charge >= 0.3 is 0 Å². The molecule has 0 fully saturated rings. The van der Waals surface area contributed by atoms with Crippen LogP contribution in [-0.2, 0) is 6.61 Å². The van der Waals surface area contributed by atoms with Crippen LogP contribution in [0.4, 0.5) is 0 Å². The Labute approximate surface area is 81.8 Å². The lowest BCUT2D eigenvalue weighted by atomic mass is 10.3. The third-order valence-corrected chi connectivity index (χ3v) is 2.32. The highest BCUT2D eigenvalue weighted by molar-refractivity contribution is 5.47. The van der Waals surface area contributed by atoms with Gasteiger partial charge in [0.15, 0.2) is 0 Å². The first-order chi connectivity index (χ1) is 6.76. The molecule has 0 aliphatic rings. The fourth-order valence-corrected chi connectivity index (χ4v) is 1.47. The SMILES string of the molecule is COc1ccn2c(C)c(CO)nc2c1. The quantitative estimate of drug-likeness (QED) is 0.776. The molecule has 4 nitrogen and oxygen atoms in total. The standard InChI is InChI=1S/C10H12N2O2/c1-7-9(6-13)11-10-5-8(14-2)3-4-12(7)10/h3-5,13H,6H2,1-2H3. The summed E-state index contributed by atoms with van der Waals surface area (Å²) in [5.41, 5.74) is 2.47. The van der Waals surface area contributed by atoms with Crippen LogP contribution in [0.3, 0.4) is 0 Å². The van der Waals surface area contributed by atoms with Crippen molar-refractivity contribution in [1.82, 2.24) is 9.38 Å². The van der Waals surface area contributed by atoms with Crippen LogP contribution in [0.2, 0.25) is 0 Å². The van der Waals surface area contributed by atoms with Crippen molar-refractivity contribution < 1.29 is 9.84 Å². The highest BCUT2D eigenvalue weighted by Gasteiger charge is 2.07. The van der Waals surface area contributed by atoms with E-state index >= 15 is 0 Å². The predicted octanol–water partition coefficient (Wildman–Crippen LogP) is 1.14. The lowest BCUT2D eigenvalue weighted by Gasteiger charge is -2.00. The van der Waals surface area contributed by atoms with Crippen molar-refractivity contribution in [1.29, 1.82) is 0 Å². The molecule has 0 saturated carbocycles. The molecule has 2 heterocycles. The van der Waals surface area contributed by atoms with E-state index in [0.29, 0.717) is 5.69 Å². The molecule has 2 rings (SSSR count). The molecule has 0 aliphatic carbocycles. The number of aliphatic hydroxyl groups is 1. The molecule has 0 amide bonds. The van der Waals surface area contributed by atoms with Crippen molar-refractivity contribution in [3.63, 3.8) is 0 Å². The van der Waals surface area contributed by atoms with E-state index in [4.69, 9.17) is 9.84 Å². The summed E-state index contributed by atoms with van der Waals surface area (Å²) in [7, 11) is 1.62. The molecule has 0 spiro atoms. The monoisotopic (exact) mass is 192 g/mol. The van der Waals surface area contributed by atoms with Gasteiger partial charge in [-0.25, -0.2) is 4.98 Å². The fourth-order valence-electron chi connectivity index (χ4n) is 1.47. The van der Waals surface area contributed by atoms with Crippen LogP contribution in [0.5, 0.6) is 5.75 Å². The zero-order valence-corrected chi connectivity index (χ0v) is 8.19. The molecular formula is C10H12N2O2. The number of nitrogens with zero attached hydrogens (tertiary/aromatic N) is 2. The summed E-state index contributed by atoms with van der Waals surface area (Å²) >= 11 is 0. The Kier molecular flexibility index (Phi) is 2.13. The number of ether oxygens (including phenoxy) is 1. The molecule has 2 aromatic rings. The van der Waals surface area contributed by atoms with E-state index in [-0.39, 0.29) is 6.61 Å². The largest absolute Gasteiger partial charge is 0.497 e. The van der Waals surface area contributed by atoms with Gasteiger partial charge in [0.05, 0.1) is 19.4 Å². The summed E-state index contributed by atoms with van der Waals surface area (Å²) in [5.74, 6) is 0.770. The van der Waals surface area contributed by atoms with Crippen LogP contribution < -0.4 is 4.74 Å². The van der Waals surface area contributed by atoms with E-state index in [1.54, 1.807) is 7.11 Å². The summed E-state index contributed by atoms with van der Waals surface area (Å²) in [6.07, 6.45) is 1.88. The van der Waals surface area contributed by atoms with Gasteiger partial charge in [-0.2, -0.15) is 0 Å². The molecule has 0 aromatic carbocycles. The first-order valence-corrected chi connectivity index (χ1v) is 4.38. The van der Waals surface area contributed by atoms with E-state index in [0.717, 1.165) is 17.1 Å². The van der Waals surface area contributed by atoms with Gasteiger partial charge in [-0.1, -0.05) is 0 Å². The lowest BCUT2D eigenvalue weighted by molar-refractivity contribution is 0.276. The first kappa shape index (κ1) is 9.02. The van der Waals surface area contributed by atoms with Gasteiger partial charge in [-0.3, -0.25) is 0 Å². The normalized spacial score (nSPS) is 10.8. The van der Waals surface area contributed by atoms with E-state index in [2.05, 4.69) is 4.98 Å². The van der Waals surface area contributed by atoms with Crippen molar-refractivity contribution in [2.45, 2.75) is 13.5 Å². The maximum Gasteiger partial charge on any atom is 0.141 e. The number of imidazole rings is 1. The average molecular weight is 192 g/mol. The topological polar surface area (TPSA) is 46.8 Å². The molecular weight excluding hydrogens is 180 g/mol. The van der Waals surface area contributed by atoms with E-state index in [1.165, 1.54) is 0 Å². The van der Waals surface area contributed by atoms with Gasteiger partial charge in [0.25, 0.3) is 0 Å². The fraction of sp³-hybridized carbons (Fsp3) is 0.300. The number of rotatable bonds is 2. The summed E-state index contributed by atoms with van der Waals surface area (Å²) in [4.78, 5) is 4.27. The number of methoxy groups -OCH3 is 1. The Morgan fingerprint density at radius 1 is 1.57 bits per heavy atom. The second-order valence-electron chi connectivity index (χ2n) is 3.10. The molecule has 74 valence electrons. The van der Waals surface area contributed by atoms with Crippen LogP contribution in [0.15, 0.2) is 18.3 Å². The number of fused-ring (bicyclic) bond motifs is 1. The molecule has 1 N–H and O–H groups in total. The Bertz CT molecular complexity index is 462. The Morgan fingerprint density at radius 3 is 3.00 bits per heavy atom. The number of hydrogen-bond acceptors (Lipinski definition) is 3. The smallest absolute Gasteiger partial charge is 0.141 e. The van der Waals surface area contributed by atoms with Crippen molar-refractivity contribution in [2.75, 3.05) is 7.11 Å². The first-order valence-electron chi connectivity index (χ1n) is 4.38. The van der Waals surface area contributed by atoms with Crippen LogP contribution in [0.25, 0.3) is 5.65 Å². The zero-order valence-electron chi connectivity index (χ0n) is 8.19. The van der Waals surface area contributed by atoms with Crippen molar-refractivity contribution >= 4 is 5.65 Å². The summed E-state index contributed by atoms with van der Waals surface area (Å²) in [5, 5.41) is 9.04. The van der Waals surface area contributed by atoms with Crippen LogP contribution in [0.1, 0.15) is 11.4 Å². The lowest BCUT2D eigenvalue weighted by Crippen LogP contribution is -1.90. The molecule has 14 heavy (non-hydrogen) atoms. The minimum atomic E-state index is -0.0319. The zero-order chi connectivity index (χ0) is 10.1. The third kappa shape index (κ3) is 1.24. The minimum absolute atomic E-state index is 0.0319. The van der Waals surface area contributed by atoms with E-state index < -0.39 is 0 Å². The Balaban J connectivity index is 2.66. The summed E-state index contributed by atoms with van der Waals surface area (Å²) in [6.45, 7) is 1.90. The van der Waals surface area contributed by atoms with Gasteiger partial charge < -0.3 is 14.2 Å². The molecule has 0 radical (unpaired) electrons. The van der Waals surface area contributed by atoms with Gasteiger partial charge in [0, 0.05) is 18.0 Å². The van der Waals surface area contributed by atoms with Gasteiger partial charge in [0.1, 0.15) is 11.4 Å². The molecule has 0 aliphatic heterocycles. The van der Waals surface area contributed by atoms with E-state index in [1.807, 2.05) is 29.7 Å². The molecule has 4 heteroatoms. The highest BCUT2D eigenvalue weighted by Crippen LogP contribution is 2.17. The Hall–Kier alpha value is -1.55. The number of aliphatic hydroxyl groups excluding tert-OH is 1. The van der Waals surface area contributed by atoms with Gasteiger partial charge in [-0.15, -0.1) is 0 Å². The van der Waals surface area contributed by atoms with Gasteiger partial charge in [0.2, 0.25) is 0 Å². The maximum absolute atomic E-state index is 9.04. The minimum Gasteiger partial charge on any atom is -0.497 e. The highest BCUT2D eigenvalue weighted by atomic mass is 16.5. The number of aryl methyl sites for hydroxylation is 1. The molecule has 2 aromatic heterocycles. The maximum atomic E-state index is 9.04. The molecule has 0 bridgehead atoms. The second kappa shape index (κ2) is 3.31. The number of aromatic nitrogens is 2. The molecule has 0 atom stereocenters. The number of hydrogen-bond donors (Lipinski definition) is 1. The van der Waals surface area contributed by atoms with Crippen molar-refractivity contribution in [3.8, 4) is 5.75 Å².